The number of aryl methyl sites for hydroxylation is 1. The highest BCUT2D eigenvalue weighted by Gasteiger charge is 2.05. The Morgan fingerprint density at radius 3 is 3.07 bits per heavy atom. The number of pyridine rings is 1. The number of halogens is 1. The zero-order chi connectivity index (χ0) is 10.7. The van der Waals surface area contributed by atoms with Crippen molar-refractivity contribution in [2.24, 2.45) is 0 Å². The molecule has 5 heteroatoms. The molecule has 2 aromatic rings. The van der Waals surface area contributed by atoms with Gasteiger partial charge in [-0.25, -0.2) is 4.98 Å². The molecule has 0 bridgehead atoms. The smallest absolute Gasteiger partial charge is 0.255 e. The van der Waals surface area contributed by atoms with Gasteiger partial charge in [0, 0.05) is 12.3 Å². The van der Waals surface area contributed by atoms with Crippen LogP contribution < -0.4 is 4.74 Å². The van der Waals surface area contributed by atoms with E-state index in [0.717, 1.165) is 5.69 Å². The molecule has 15 heavy (non-hydrogen) atoms. The first-order valence-electron chi connectivity index (χ1n) is 4.41. The van der Waals surface area contributed by atoms with E-state index in [-0.39, 0.29) is 12.4 Å². The van der Waals surface area contributed by atoms with E-state index in [2.05, 4.69) is 10.1 Å². The molecular weight excluding hydrogens is 199 g/mol. The van der Waals surface area contributed by atoms with Crippen LogP contribution >= 0.6 is 0 Å². The average molecular weight is 208 g/mol. The van der Waals surface area contributed by atoms with E-state index in [1.54, 1.807) is 19.1 Å². The fourth-order valence-electron chi connectivity index (χ4n) is 1.11. The monoisotopic (exact) mass is 208 g/mol. The fraction of sp³-hybridized carbons (Fsp3) is 0.200. The van der Waals surface area contributed by atoms with Crippen molar-refractivity contribution < 1.29 is 13.7 Å². The molecule has 0 saturated carbocycles. The van der Waals surface area contributed by atoms with Crippen molar-refractivity contribution in [3.63, 3.8) is 0 Å². The molecule has 0 spiro atoms. The summed E-state index contributed by atoms with van der Waals surface area (Å²) in [6.07, 6.45) is 1.36. The molecule has 0 fully saturated rings. The second kappa shape index (κ2) is 4.08. The number of ether oxygens (including phenoxy) is 1. The summed E-state index contributed by atoms with van der Waals surface area (Å²) in [7, 11) is 0. The lowest BCUT2D eigenvalue weighted by Gasteiger charge is -2.02. The number of aromatic nitrogens is 2. The van der Waals surface area contributed by atoms with Crippen LogP contribution in [0.3, 0.4) is 0 Å². The van der Waals surface area contributed by atoms with E-state index in [0.29, 0.717) is 5.76 Å². The summed E-state index contributed by atoms with van der Waals surface area (Å²) in [4.78, 5) is 3.46. The average Bonchev–Trinajstić information content (AvgIpc) is 2.63. The van der Waals surface area contributed by atoms with Crippen LogP contribution in [0, 0.1) is 12.9 Å². The summed E-state index contributed by atoms with van der Waals surface area (Å²) in [5.74, 6) is 0.0241. The van der Waals surface area contributed by atoms with Gasteiger partial charge in [0.1, 0.15) is 6.61 Å². The van der Waals surface area contributed by atoms with Gasteiger partial charge >= 0.3 is 0 Å². The highest BCUT2D eigenvalue weighted by molar-refractivity contribution is 5.18. The third kappa shape index (κ3) is 2.31. The number of nitrogens with zero attached hydrogens (tertiary/aromatic N) is 2. The van der Waals surface area contributed by atoms with Crippen LogP contribution in [0.5, 0.6) is 5.75 Å². The molecule has 0 aromatic carbocycles. The number of hydrogen-bond acceptors (Lipinski definition) is 4. The highest BCUT2D eigenvalue weighted by Crippen LogP contribution is 2.15. The Morgan fingerprint density at radius 1 is 1.53 bits per heavy atom. The lowest BCUT2D eigenvalue weighted by Crippen LogP contribution is -1.97. The second-order valence-corrected chi connectivity index (χ2v) is 3.02. The molecule has 2 aromatic heterocycles. The third-order valence-electron chi connectivity index (χ3n) is 1.77. The van der Waals surface area contributed by atoms with Crippen LogP contribution in [0.4, 0.5) is 4.39 Å². The van der Waals surface area contributed by atoms with Gasteiger partial charge in [-0.2, -0.15) is 4.39 Å². The van der Waals surface area contributed by atoms with E-state index in [9.17, 15) is 4.39 Å². The Bertz CT molecular complexity index is 456. The molecule has 0 aliphatic rings. The minimum absolute atomic E-state index is 0.103. The first-order valence-corrected chi connectivity index (χ1v) is 4.41. The summed E-state index contributed by atoms with van der Waals surface area (Å²) in [5, 5.41) is 3.69. The molecule has 0 N–H and O–H groups in total. The molecule has 0 aliphatic heterocycles. The molecule has 0 atom stereocenters. The van der Waals surface area contributed by atoms with Gasteiger partial charge in [-0.3, -0.25) is 0 Å². The quantitative estimate of drug-likeness (QED) is 0.724. The van der Waals surface area contributed by atoms with Crippen molar-refractivity contribution in [2.45, 2.75) is 13.5 Å². The summed E-state index contributed by atoms with van der Waals surface area (Å²) >= 11 is 0. The summed E-state index contributed by atoms with van der Waals surface area (Å²) in [5.41, 5.74) is 0.764. The van der Waals surface area contributed by atoms with Gasteiger partial charge in [0.2, 0.25) is 0 Å². The van der Waals surface area contributed by atoms with Crippen LogP contribution in [0.2, 0.25) is 0 Å². The van der Waals surface area contributed by atoms with Crippen molar-refractivity contribution in [1.29, 1.82) is 0 Å². The van der Waals surface area contributed by atoms with Crippen LogP contribution in [0.25, 0.3) is 0 Å². The molecular formula is C10H9FN2O2. The predicted octanol–water partition coefficient (Wildman–Crippen LogP) is 2.10. The van der Waals surface area contributed by atoms with Gasteiger partial charge in [0.15, 0.2) is 11.5 Å². The van der Waals surface area contributed by atoms with Crippen molar-refractivity contribution in [3.8, 4) is 5.75 Å². The van der Waals surface area contributed by atoms with Crippen molar-refractivity contribution >= 4 is 0 Å². The van der Waals surface area contributed by atoms with Crippen LogP contribution in [-0.4, -0.2) is 10.1 Å². The maximum atomic E-state index is 13.0. The largest absolute Gasteiger partial charge is 0.481 e. The third-order valence-corrected chi connectivity index (χ3v) is 1.77. The van der Waals surface area contributed by atoms with Crippen LogP contribution in [-0.2, 0) is 6.61 Å². The Morgan fingerprint density at radius 2 is 2.40 bits per heavy atom. The lowest BCUT2D eigenvalue weighted by molar-refractivity contribution is 0.237. The Labute approximate surface area is 85.7 Å². The molecule has 0 amide bonds. The summed E-state index contributed by atoms with van der Waals surface area (Å²) in [6, 6.07) is 4.84. The molecule has 0 radical (unpaired) electrons. The van der Waals surface area contributed by atoms with E-state index >= 15 is 0 Å². The minimum Gasteiger partial charge on any atom is -0.481 e. The van der Waals surface area contributed by atoms with Crippen molar-refractivity contribution in [2.75, 3.05) is 0 Å². The molecule has 2 rings (SSSR count). The number of rotatable bonds is 3. The van der Waals surface area contributed by atoms with Crippen molar-refractivity contribution in [1.82, 2.24) is 10.1 Å². The summed E-state index contributed by atoms with van der Waals surface area (Å²) in [6.45, 7) is 1.95. The Kier molecular flexibility index (Phi) is 2.62. The Hall–Kier alpha value is -1.91. The topological polar surface area (TPSA) is 48.2 Å². The first-order chi connectivity index (χ1) is 7.25. The normalized spacial score (nSPS) is 10.3. The lowest BCUT2D eigenvalue weighted by atomic mass is 10.4. The molecule has 78 valence electrons. The SMILES string of the molecule is Cc1cc(COc2cccnc2F)on1. The Balaban J connectivity index is 2.02. The van der Waals surface area contributed by atoms with E-state index < -0.39 is 5.95 Å². The van der Waals surface area contributed by atoms with Gasteiger partial charge in [0.05, 0.1) is 5.69 Å². The zero-order valence-corrected chi connectivity index (χ0v) is 8.11. The fourth-order valence-corrected chi connectivity index (χ4v) is 1.11. The van der Waals surface area contributed by atoms with Gasteiger partial charge in [-0.15, -0.1) is 0 Å². The molecule has 0 unspecified atom stereocenters. The molecule has 0 saturated heterocycles. The molecule has 4 nitrogen and oxygen atoms in total. The van der Waals surface area contributed by atoms with Gasteiger partial charge in [-0.05, 0) is 19.1 Å². The first kappa shape index (κ1) is 9.64. The van der Waals surface area contributed by atoms with Crippen LogP contribution in [0.15, 0.2) is 28.9 Å². The minimum atomic E-state index is -0.631. The van der Waals surface area contributed by atoms with Gasteiger partial charge in [-0.1, -0.05) is 5.16 Å². The number of hydrogen-bond donors (Lipinski definition) is 0. The second-order valence-electron chi connectivity index (χ2n) is 3.02. The van der Waals surface area contributed by atoms with Gasteiger partial charge < -0.3 is 9.26 Å². The van der Waals surface area contributed by atoms with Gasteiger partial charge in [0.25, 0.3) is 5.95 Å². The maximum Gasteiger partial charge on any atom is 0.255 e. The standard InChI is InChI=1S/C10H9FN2O2/c1-7-5-8(15-13-7)6-14-9-3-2-4-12-10(9)11/h2-5H,6H2,1H3. The van der Waals surface area contributed by atoms with E-state index in [4.69, 9.17) is 9.26 Å². The highest BCUT2D eigenvalue weighted by atomic mass is 19.1. The zero-order valence-electron chi connectivity index (χ0n) is 8.11. The molecule has 0 aliphatic carbocycles. The van der Waals surface area contributed by atoms with Crippen LogP contribution in [0.1, 0.15) is 11.5 Å². The van der Waals surface area contributed by atoms with E-state index in [1.165, 1.54) is 12.3 Å². The van der Waals surface area contributed by atoms with Crippen molar-refractivity contribution in [3.05, 3.63) is 41.8 Å². The molecule has 2 heterocycles. The summed E-state index contributed by atoms with van der Waals surface area (Å²) < 4.78 is 23.1. The maximum absolute atomic E-state index is 13.0. The predicted molar refractivity (Wildman–Crippen MR) is 49.8 cm³/mol. The van der Waals surface area contributed by atoms with E-state index in [1.807, 2.05) is 0 Å².